The van der Waals surface area contributed by atoms with Gasteiger partial charge in [-0.1, -0.05) is 70.3 Å². The standard InChI is InChI=1S/C30H24Cl4N2O3S/c31-21-11-19(12-22(32)29(21)37)17-1-3-25-27(15-17)40-28-16-18(20-13-23(33)30(38)24(34)14-20)2-4-26(28)36(25)6-5-35-7-9-39-10-8-35/h1-4,11-16,37-38H,5-10H2. The molecule has 4 aromatic carbocycles. The molecule has 10 heteroatoms. The molecule has 2 aliphatic heterocycles. The Morgan fingerprint density at radius 3 is 1.52 bits per heavy atom. The number of morpholine rings is 1. The molecule has 0 atom stereocenters. The molecular formula is C30H24Cl4N2O3S. The molecule has 0 spiro atoms. The summed E-state index contributed by atoms with van der Waals surface area (Å²) in [5, 5.41) is 20.9. The topological polar surface area (TPSA) is 56.2 Å². The number of hydrogen-bond acceptors (Lipinski definition) is 6. The van der Waals surface area contributed by atoms with Crippen molar-refractivity contribution in [2.75, 3.05) is 44.3 Å². The fourth-order valence-electron chi connectivity index (χ4n) is 5.02. The molecule has 1 saturated heterocycles. The van der Waals surface area contributed by atoms with Crippen LogP contribution in [-0.4, -0.2) is 54.5 Å². The summed E-state index contributed by atoms with van der Waals surface area (Å²) in [6.07, 6.45) is 0. The second-order valence-electron chi connectivity index (χ2n) is 9.65. The molecule has 4 aromatic rings. The second kappa shape index (κ2) is 11.5. The molecule has 6 rings (SSSR count). The van der Waals surface area contributed by atoms with Crippen molar-refractivity contribution in [1.82, 2.24) is 4.90 Å². The number of anilines is 2. The Kier molecular flexibility index (Phi) is 8.03. The number of fused-ring (bicyclic) bond motifs is 2. The zero-order valence-corrected chi connectivity index (χ0v) is 25.0. The SMILES string of the molecule is Oc1c(Cl)cc(-c2ccc3c(c2)Sc2cc(-c4cc(Cl)c(O)c(Cl)c4)ccc2N3CCN2CCOCC2)cc1Cl. The summed E-state index contributed by atoms with van der Waals surface area (Å²) in [7, 11) is 0. The number of nitrogens with zero attached hydrogens (tertiary/aromatic N) is 2. The van der Waals surface area contributed by atoms with E-state index >= 15 is 0 Å². The van der Waals surface area contributed by atoms with Gasteiger partial charge in [-0.15, -0.1) is 0 Å². The number of rotatable bonds is 5. The summed E-state index contributed by atoms with van der Waals surface area (Å²) in [5.41, 5.74) is 5.77. The van der Waals surface area contributed by atoms with Gasteiger partial charge in [0.15, 0.2) is 11.5 Å². The van der Waals surface area contributed by atoms with Gasteiger partial charge in [0.1, 0.15) is 0 Å². The van der Waals surface area contributed by atoms with Crippen molar-refractivity contribution in [3.63, 3.8) is 0 Å². The van der Waals surface area contributed by atoms with Gasteiger partial charge in [0.05, 0.1) is 44.7 Å². The van der Waals surface area contributed by atoms with Gasteiger partial charge >= 0.3 is 0 Å². The third-order valence-electron chi connectivity index (χ3n) is 7.17. The van der Waals surface area contributed by atoms with Gasteiger partial charge in [0.25, 0.3) is 0 Å². The number of ether oxygens (including phenoxy) is 1. The van der Waals surface area contributed by atoms with Crippen LogP contribution < -0.4 is 4.90 Å². The number of phenolic OH excluding ortho intramolecular Hbond substituents is 2. The molecule has 0 unspecified atom stereocenters. The molecule has 2 aliphatic rings. The molecule has 206 valence electrons. The van der Waals surface area contributed by atoms with Gasteiger partial charge in [0.2, 0.25) is 0 Å². The summed E-state index contributed by atoms with van der Waals surface area (Å²) >= 11 is 26.6. The first-order valence-corrected chi connectivity index (χ1v) is 15.0. The minimum Gasteiger partial charge on any atom is -0.505 e. The van der Waals surface area contributed by atoms with Gasteiger partial charge in [-0.3, -0.25) is 4.90 Å². The van der Waals surface area contributed by atoms with Crippen molar-refractivity contribution in [3.8, 4) is 33.8 Å². The van der Waals surface area contributed by atoms with Crippen LogP contribution in [0.2, 0.25) is 20.1 Å². The van der Waals surface area contributed by atoms with Crippen molar-refractivity contribution in [3.05, 3.63) is 80.8 Å². The molecule has 1 fully saturated rings. The molecule has 0 amide bonds. The zero-order valence-electron chi connectivity index (χ0n) is 21.1. The molecule has 2 heterocycles. The van der Waals surface area contributed by atoms with Crippen molar-refractivity contribution in [1.29, 1.82) is 0 Å². The van der Waals surface area contributed by atoms with Crippen molar-refractivity contribution >= 4 is 69.5 Å². The minimum atomic E-state index is -0.121. The van der Waals surface area contributed by atoms with E-state index in [0.717, 1.165) is 82.8 Å². The van der Waals surface area contributed by atoms with Crippen molar-refractivity contribution in [2.45, 2.75) is 9.79 Å². The minimum absolute atomic E-state index is 0.121. The maximum absolute atomic E-state index is 10.0. The summed E-state index contributed by atoms with van der Waals surface area (Å²) in [6, 6.07) is 19.5. The van der Waals surface area contributed by atoms with Crippen LogP contribution in [0.4, 0.5) is 11.4 Å². The fraction of sp³-hybridized carbons (Fsp3) is 0.200. The Hall–Kier alpha value is -2.29. The zero-order chi connectivity index (χ0) is 28.0. The lowest BCUT2D eigenvalue weighted by Crippen LogP contribution is -2.41. The van der Waals surface area contributed by atoms with E-state index < -0.39 is 0 Å². The first-order valence-electron chi connectivity index (χ1n) is 12.7. The van der Waals surface area contributed by atoms with E-state index in [1.165, 1.54) is 0 Å². The van der Waals surface area contributed by atoms with E-state index in [1.54, 1.807) is 36.0 Å². The smallest absolute Gasteiger partial charge is 0.152 e. The van der Waals surface area contributed by atoms with Crippen LogP contribution in [0.15, 0.2) is 70.5 Å². The highest BCUT2D eigenvalue weighted by molar-refractivity contribution is 7.99. The summed E-state index contributed by atoms with van der Waals surface area (Å²) < 4.78 is 5.54. The lowest BCUT2D eigenvalue weighted by molar-refractivity contribution is 0.0394. The predicted molar refractivity (Wildman–Crippen MR) is 166 cm³/mol. The summed E-state index contributed by atoms with van der Waals surface area (Å²) in [4.78, 5) is 6.96. The van der Waals surface area contributed by atoms with Crippen LogP contribution in [0.5, 0.6) is 11.5 Å². The second-order valence-corrected chi connectivity index (χ2v) is 12.4. The van der Waals surface area contributed by atoms with E-state index in [1.807, 2.05) is 0 Å². The molecule has 40 heavy (non-hydrogen) atoms. The fourth-order valence-corrected chi connectivity index (χ4v) is 7.16. The highest BCUT2D eigenvalue weighted by Gasteiger charge is 2.26. The average Bonchev–Trinajstić information content (AvgIpc) is 2.96. The lowest BCUT2D eigenvalue weighted by atomic mass is 10.0. The number of aromatic hydroxyl groups is 2. The quantitative estimate of drug-likeness (QED) is 0.229. The van der Waals surface area contributed by atoms with Gasteiger partial charge < -0.3 is 19.8 Å². The van der Waals surface area contributed by atoms with Crippen LogP contribution in [0.3, 0.4) is 0 Å². The molecule has 0 saturated carbocycles. The van der Waals surface area contributed by atoms with Gasteiger partial charge in [-0.2, -0.15) is 0 Å². The highest BCUT2D eigenvalue weighted by atomic mass is 35.5. The van der Waals surface area contributed by atoms with Gasteiger partial charge in [-0.25, -0.2) is 0 Å². The molecule has 0 radical (unpaired) electrons. The predicted octanol–water partition coefficient (Wildman–Crippen LogP) is 8.98. The van der Waals surface area contributed by atoms with Crippen LogP contribution in [-0.2, 0) is 4.74 Å². The summed E-state index contributed by atoms with van der Waals surface area (Å²) in [6.45, 7) is 5.07. The first kappa shape index (κ1) is 27.9. The average molecular weight is 634 g/mol. The lowest BCUT2D eigenvalue weighted by Gasteiger charge is -2.36. The number of benzene rings is 4. The third kappa shape index (κ3) is 5.47. The number of phenols is 2. The van der Waals surface area contributed by atoms with Crippen LogP contribution in [0.1, 0.15) is 0 Å². The molecule has 0 aromatic heterocycles. The third-order valence-corrected chi connectivity index (χ3v) is 9.41. The van der Waals surface area contributed by atoms with Crippen molar-refractivity contribution < 1.29 is 14.9 Å². The van der Waals surface area contributed by atoms with Crippen molar-refractivity contribution in [2.24, 2.45) is 0 Å². The van der Waals surface area contributed by atoms with E-state index in [-0.39, 0.29) is 31.6 Å². The molecule has 0 aliphatic carbocycles. The largest absolute Gasteiger partial charge is 0.505 e. The van der Waals surface area contributed by atoms with Gasteiger partial charge in [-0.05, 0) is 70.8 Å². The van der Waals surface area contributed by atoms with E-state index in [0.29, 0.717) is 0 Å². The van der Waals surface area contributed by atoms with Crippen LogP contribution in [0, 0.1) is 0 Å². The number of hydrogen-bond donors (Lipinski definition) is 2. The monoisotopic (exact) mass is 632 g/mol. The van der Waals surface area contributed by atoms with E-state index in [9.17, 15) is 10.2 Å². The Morgan fingerprint density at radius 2 is 1.07 bits per heavy atom. The normalized spacial score (nSPS) is 15.2. The first-order chi connectivity index (χ1) is 19.3. The molecule has 0 bridgehead atoms. The Bertz CT molecular complexity index is 1460. The molecular weight excluding hydrogens is 610 g/mol. The maximum Gasteiger partial charge on any atom is 0.152 e. The molecule has 5 nitrogen and oxygen atoms in total. The van der Waals surface area contributed by atoms with Gasteiger partial charge in [0, 0.05) is 36.0 Å². The Morgan fingerprint density at radius 1 is 0.625 bits per heavy atom. The summed E-state index contributed by atoms with van der Waals surface area (Å²) in [5.74, 6) is -0.241. The molecule has 2 N–H and O–H groups in total. The number of halogens is 4. The maximum atomic E-state index is 10.0. The van der Waals surface area contributed by atoms with Crippen LogP contribution >= 0.6 is 58.2 Å². The Labute approximate surface area is 256 Å². The van der Waals surface area contributed by atoms with Crippen LogP contribution in [0.25, 0.3) is 22.3 Å². The Balaban J connectivity index is 1.40. The highest BCUT2D eigenvalue weighted by Crippen LogP contribution is 2.51. The van der Waals surface area contributed by atoms with E-state index in [2.05, 4.69) is 46.2 Å². The van der Waals surface area contributed by atoms with E-state index in [4.69, 9.17) is 51.1 Å².